The zero-order chi connectivity index (χ0) is 21.2. The molecule has 158 valence electrons. The Kier molecular flexibility index (Phi) is 8.28. The lowest BCUT2D eigenvalue weighted by Crippen LogP contribution is -2.17. The molecular formula is C26H31NO3. The number of allylic oxidation sites excluding steroid dienone is 2. The van der Waals surface area contributed by atoms with Crippen LogP contribution in [0.1, 0.15) is 42.9 Å². The summed E-state index contributed by atoms with van der Waals surface area (Å²) in [7, 11) is 0. The molecule has 2 aromatic rings. The maximum atomic E-state index is 10.7. The number of ether oxygens (including phenoxy) is 1. The highest BCUT2D eigenvalue weighted by Gasteiger charge is 2.16. The Balaban J connectivity index is 1.34. The minimum atomic E-state index is -0.773. The van der Waals surface area contributed by atoms with Gasteiger partial charge in [-0.05, 0) is 67.1 Å². The number of carboxylic acids is 1. The molecule has 1 aliphatic rings. The molecule has 0 fully saturated rings. The van der Waals surface area contributed by atoms with E-state index in [0.29, 0.717) is 13.0 Å². The Bertz CT molecular complexity index is 858. The molecule has 2 aromatic carbocycles. The van der Waals surface area contributed by atoms with Crippen LogP contribution in [0.5, 0.6) is 5.75 Å². The van der Waals surface area contributed by atoms with Crippen molar-refractivity contribution in [2.75, 3.05) is 13.2 Å². The van der Waals surface area contributed by atoms with Crippen LogP contribution in [0.3, 0.4) is 0 Å². The first kappa shape index (κ1) is 21.8. The minimum Gasteiger partial charge on any atom is -0.489 e. The molecule has 1 N–H and O–H groups in total. The Morgan fingerprint density at radius 2 is 1.80 bits per heavy atom. The molecule has 0 unspecified atom stereocenters. The first-order chi connectivity index (χ1) is 14.6. The van der Waals surface area contributed by atoms with Crippen molar-refractivity contribution in [3.05, 3.63) is 89.0 Å². The lowest BCUT2D eigenvalue weighted by atomic mass is 10.1. The monoisotopic (exact) mass is 405 g/mol. The van der Waals surface area contributed by atoms with Gasteiger partial charge in [-0.25, -0.2) is 0 Å². The highest BCUT2D eigenvalue weighted by atomic mass is 16.5. The average Bonchev–Trinajstić information content (AvgIpc) is 3.17. The van der Waals surface area contributed by atoms with Crippen molar-refractivity contribution in [1.82, 2.24) is 4.90 Å². The van der Waals surface area contributed by atoms with Crippen LogP contribution in [-0.2, 0) is 24.3 Å². The first-order valence-electron chi connectivity index (χ1n) is 10.7. The predicted molar refractivity (Wildman–Crippen MR) is 121 cm³/mol. The zero-order valence-corrected chi connectivity index (χ0v) is 17.7. The molecule has 0 aromatic heterocycles. The molecule has 0 radical (unpaired) electrons. The smallest absolute Gasteiger partial charge is 0.303 e. The summed E-state index contributed by atoms with van der Waals surface area (Å²) in [6.45, 7) is 5.82. The lowest BCUT2D eigenvalue weighted by molar-refractivity contribution is -0.136. The summed E-state index contributed by atoms with van der Waals surface area (Å²) < 4.78 is 5.87. The van der Waals surface area contributed by atoms with E-state index in [9.17, 15) is 4.79 Å². The molecule has 30 heavy (non-hydrogen) atoms. The number of hydrogen-bond donors (Lipinski definition) is 1. The summed E-state index contributed by atoms with van der Waals surface area (Å²) in [5.74, 6) is 0.0285. The van der Waals surface area contributed by atoms with Crippen LogP contribution in [0.25, 0.3) is 0 Å². The van der Waals surface area contributed by atoms with Crippen molar-refractivity contribution in [2.45, 2.75) is 45.7 Å². The molecule has 3 rings (SSSR count). The molecular weight excluding hydrogens is 374 g/mol. The van der Waals surface area contributed by atoms with E-state index in [4.69, 9.17) is 9.84 Å². The van der Waals surface area contributed by atoms with Gasteiger partial charge in [-0.3, -0.25) is 9.69 Å². The number of nitrogens with zero attached hydrogens (tertiary/aromatic N) is 1. The van der Waals surface area contributed by atoms with Crippen LogP contribution < -0.4 is 4.74 Å². The molecule has 0 bridgehead atoms. The molecule has 0 spiro atoms. The second kappa shape index (κ2) is 11.4. The lowest BCUT2D eigenvalue weighted by Gasteiger charge is -2.13. The van der Waals surface area contributed by atoms with Crippen molar-refractivity contribution in [1.29, 1.82) is 0 Å². The van der Waals surface area contributed by atoms with E-state index in [1.807, 2.05) is 31.2 Å². The van der Waals surface area contributed by atoms with E-state index >= 15 is 0 Å². The Morgan fingerprint density at radius 3 is 2.43 bits per heavy atom. The van der Waals surface area contributed by atoms with Crippen molar-refractivity contribution in [3.8, 4) is 5.75 Å². The second-order valence-electron chi connectivity index (χ2n) is 7.71. The third-order valence-electron chi connectivity index (χ3n) is 5.41. The van der Waals surface area contributed by atoms with Gasteiger partial charge < -0.3 is 9.84 Å². The number of rotatable bonds is 11. The largest absolute Gasteiger partial charge is 0.489 e. The summed E-state index contributed by atoms with van der Waals surface area (Å²) in [6.07, 6.45) is 9.37. The van der Waals surface area contributed by atoms with E-state index in [2.05, 4.69) is 47.4 Å². The molecule has 0 aliphatic carbocycles. The molecule has 1 aliphatic heterocycles. The number of unbranched alkanes of at least 4 members (excludes halogenated alkanes) is 1. The van der Waals surface area contributed by atoms with E-state index in [-0.39, 0.29) is 6.42 Å². The highest BCUT2D eigenvalue weighted by molar-refractivity contribution is 5.67. The van der Waals surface area contributed by atoms with Gasteiger partial charge in [-0.2, -0.15) is 0 Å². The van der Waals surface area contributed by atoms with Crippen LogP contribution in [0, 0.1) is 0 Å². The molecule has 4 heteroatoms. The third-order valence-corrected chi connectivity index (χ3v) is 5.41. The fraction of sp³-hybridized carbons (Fsp3) is 0.346. The van der Waals surface area contributed by atoms with Crippen molar-refractivity contribution in [3.63, 3.8) is 0 Å². The van der Waals surface area contributed by atoms with Crippen LogP contribution in [0.4, 0.5) is 0 Å². The number of carbonyl (C=O) groups is 1. The SMILES string of the molecule is C/C=C(\C=C/CCCN1Cc2ccccc2C1)COc1ccc(CCC(=O)O)cc1. The van der Waals surface area contributed by atoms with Gasteiger partial charge in [0.15, 0.2) is 0 Å². The van der Waals surface area contributed by atoms with Crippen LogP contribution in [-0.4, -0.2) is 29.1 Å². The number of benzene rings is 2. The minimum absolute atomic E-state index is 0.151. The summed E-state index contributed by atoms with van der Waals surface area (Å²) >= 11 is 0. The van der Waals surface area contributed by atoms with Crippen LogP contribution in [0.2, 0.25) is 0 Å². The van der Waals surface area contributed by atoms with Gasteiger partial charge in [0.05, 0.1) is 0 Å². The number of carboxylic acid groups (broad SMARTS) is 1. The highest BCUT2D eigenvalue weighted by Crippen LogP contribution is 2.22. The van der Waals surface area contributed by atoms with Crippen LogP contribution >= 0.6 is 0 Å². The van der Waals surface area contributed by atoms with Gasteiger partial charge in [0.2, 0.25) is 0 Å². The number of hydrogen-bond acceptors (Lipinski definition) is 3. The Labute approximate surface area is 179 Å². The van der Waals surface area contributed by atoms with Gasteiger partial charge in [0.25, 0.3) is 0 Å². The van der Waals surface area contributed by atoms with Crippen molar-refractivity contribution in [2.24, 2.45) is 0 Å². The molecule has 0 atom stereocenters. The Morgan fingerprint density at radius 1 is 1.10 bits per heavy atom. The van der Waals surface area contributed by atoms with E-state index < -0.39 is 5.97 Å². The number of fused-ring (bicyclic) bond motifs is 1. The fourth-order valence-electron chi connectivity index (χ4n) is 3.63. The van der Waals surface area contributed by atoms with E-state index in [1.165, 1.54) is 11.1 Å². The standard InChI is InChI=1S/C26H31NO3/c1-2-21(20-30-25-14-11-22(12-15-25)13-16-26(28)29)8-4-3-7-17-27-18-23-9-5-6-10-24(23)19-27/h2,4-6,8-12,14-15H,3,7,13,16-20H2,1H3,(H,28,29)/b8-4-,21-2+. The number of aryl methyl sites for hydroxylation is 1. The van der Waals surface area contributed by atoms with Gasteiger partial charge in [-0.15, -0.1) is 0 Å². The Hall–Kier alpha value is -2.85. The summed E-state index contributed by atoms with van der Waals surface area (Å²) in [5.41, 5.74) is 5.10. The average molecular weight is 406 g/mol. The molecule has 0 saturated carbocycles. The quantitative estimate of drug-likeness (QED) is 0.403. The van der Waals surface area contributed by atoms with E-state index in [1.54, 1.807) is 0 Å². The molecule has 0 saturated heterocycles. The zero-order valence-electron chi connectivity index (χ0n) is 17.7. The number of aliphatic carboxylic acids is 1. The van der Waals surface area contributed by atoms with Gasteiger partial charge in [0.1, 0.15) is 12.4 Å². The van der Waals surface area contributed by atoms with Gasteiger partial charge >= 0.3 is 5.97 Å². The van der Waals surface area contributed by atoms with Gasteiger partial charge in [0, 0.05) is 19.5 Å². The molecule has 4 nitrogen and oxygen atoms in total. The predicted octanol–water partition coefficient (Wildman–Crippen LogP) is 5.38. The molecule has 0 amide bonds. The van der Waals surface area contributed by atoms with Gasteiger partial charge in [-0.1, -0.05) is 54.6 Å². The third kappa shape index (κ3) is 6.89. The molecule has 1 heterocycles. The summed E-state index contributed by atoms with van der Waals surface area (Å²) in [5, 5.41) is 8.76. The summed E-state index contributed by atoms with van der Waals surface area (Å²) in [6, 6.07) is 16.4. The van der Waals surface area contributed by atoms with Crippen molar-refractivity contribution >= 4 is 5.97 Å². The first-order valence-corrected chi connectivity index (χ1v) is 10.7. The fourth-order valence-corrected chi connectivity index (χ4v) is 3.63. The topological polar surface area (TPSA) is 49.8 Å². The van der Waals surface area contributed by atoms with E-state index in [0.717, 1.165) is 49.4 Å². The second-order valence-corrected chi connectivity index (χ2v) is 7.71. The summed E-state index contributed by atoms with van der Waals surface area (Å²) in [4.78, 5) is 13.2. The maximum Gasteiger partial charge on any atom is 0.303 e. The van der Waals surface area contributed by atoms with Crippen LogP contribution in [0.15, 0.2) is 72.3 Å². The van der Waals surface area contributed by atoms with Crippen molar-refractivity contribution < 1.29 is 14.6 Å². The normalized spacial score (nSPS) is 14.2. The maximum absolute atomic E-state index is 10.7.